The van der Waals surface area contributed by atoms with Crippen molar-refractivity contribution in [3.63, 3.8) is 0 Å². The molecule has 3 aromatic rings. The van der Waals surface area contributed by atoms with Crippen LogP contribution in [0.5, 0.6) is 5.75 Å². The van der Waals surface area contributed by atoms with Crippen molar-refractivity contribution in [3.8, 4) is 17.0 Å². The standard InChI is InChI=1S/C26H31N7O2/c1-17(18-4-3-9-28-14-18)35-22-12-19(15-29-24(22)27)21-13-23-26(8-11-33(23)31-21)7-10-32(16-26)25(34)30-20-5-2-6-20/h3-4,9,12-15,17,20H,2,5-8,10-11,16H2,1H3,(H2,27,29)(H,30,34)/t17?,26-/m1/s1. The number of rotatable bonds is 5. The van der Waals surface area contributed by atoms with Gasteiger partial charge in [-0.3, -0.25) is 9.67 Å². The molecular formula is C26H31N7O2. The number of likely N-dealkylation sites (tertiary alicyclic amines) is 1. The molecule has 2 amide bonds. The van der Waals surface area contributed by atoms with Crippen LogP contribution in [0, 0.1) is 0 Å². The number of hydrogen-bond donors (Lipinski definition) is 2. The number of amides is 2. The summed E-state index contributed by atoms with van der Waals surface area (Å²) < 4.78 is 8.23. The predicted octanol–water partition coefficient (Wildman–Crippen LogP) is 3.67. The summed E-state index contributed by atoms with van der Waals surface area (Å²) in [6.45, 7) is 4.35. The smallest absolute Gasteiger partial charge is 0.317 e. The number of nitrogens with two attached hydrogens (primary N) is 1. The summed E-state index contributed by atoms with van der Waals surface area (Å²) in [5.41, 5.74) is 9.98. The zero-order valence-corrected chi connectivity index (χ0v) is 20.0. The van der Waals surface area contributed by atoms with E-state index in [0.717, 1.165) is 62.1 Å². The van der Waals surface area contributed by atoms with Gasteiger partial charge in [-0.1, -0.05) is 6.07 Å². The Morgan fingerprint density at radius 1 is 1.26 bits per heavy atom. The maximum atomic E-state index is 12.7. The van der Waals surface area contributed by atoms with Gasteiger partial charge in [0, 0.05) is 66.5 Å². The van der Waals surface area contributed by atoms with Crippen LogP contribution < -0.4 is 15.8 Å². The van der Waals surface area contributed by atoms with Crippen LogP contribution in [0.1, 0.15) is 56.4 Å². The number of fused-ring (bicyclic) bond motifs is 2. The van der Waals surface area contributed by atoms with Gasteiger partial charge in [0.1, 0.15) is 6.10 Å². The molecule has 3 aromatic heterocycles. The first-order chi connectivity index (χ1) is 17.0. The molecule has 1 saturated carbocycles. The van der Waals surface area contributed by atoms with Crippen molar-refractivity contribution in [2.75, 3.05) is 18.8 Å². The number of pyridine rings is 2. The Balaban J connectivity index is 1.21. The van der Waals surface area contributed by atoms with Crippen molar-refractivity contribution >= 4 is 11.8 Å². The second-order valence-electron chi connectivity index (χ2n) is 10.1. The molecular weight excluding hydrogens is 442 g/mol. The second kappa shape index (κ2) is 8.55. The van der Waals surface area contributed by atoms with Crippen LogP contribution in [0.25, 0.3) is 11.3 Å². The molecule has 3 N–H and O–H groups in total. The van der Waals surface area contributed by atoms with Crippen molar-refractivity contribution in [2.45, 2.75) is 63.1 Å². The highest BCUT2D eigenvalue weighted by Gasteiger charge is 2.47. The highest BCUT2D eigenvalue weighted by molar-refractivity contribution is 5.75. The number of nitrogen functional groups attached to an aromatic ring is 1. The van der Waals surface area contributed by atoms with Gasteiger partial charge in [-0.25, -0.2) is 9.78 Å². The number of nitrogens with one attached hydrogen (secondary N) is 1. The first-order valence-corrected chi connectivity index (χ1v) is 12.5. The largest absolute Gasteiger partial charge is 0.482 e. The summed E-state index contributed by atoms with van der Waals surface area (Å²) in [7, 11) is 0. The van der Waals surface area contributed by atoms with E-state index >= 15 is 0 Å². The number of aryl methyl sites for hydroxylation is 1. The number of nitrogens with zero attached hydrogens (tertiary/aromatic N) is 5. The van der Waals surface area contributed by atoms with E-state index < -0.39 is 0 Å². The van der Waals surface area contributed by atoms with Crippen molar-refractivity contribution in [3.05, 3.63) is 54.1 Å². The zero-order valence-electron chi connectivity index (χ0n) is 20.0. The quantitative estimate of drug-likeness (QED) is 0.585. The summed E-state index contributed by atoms with van der Waals surface area (Å²) in [6, 6.07) is 8.36. The third-order valence-corrected chi connectivity index (χ3v) is 7.83. The van der Waals surface area contributed by atoms with Crippen LogP contribution >= 0.6 is 0 Å². The third-order valence-electron chi connectivity index (χ3n) is 7.83. The number of hydrogen-bond acceptors (Lipinski definition) is 6. The highest BCUT2D eigenvalue weighted by Crippen LogP contribution is 2.44. The minimum absolute atomic E-state index is 0.0302. The summed E-state index contributed by atoms with van der Waals surface area (Å²) in [4.78, 5) is 23.3. The average Bonchev–Trinajstić information content (AvgIpc) is 3.55. The topological polar surface area (TPSA) is 111 Å². The van der Waals surface area contributed by atoms with Crippen molar-refractivity contribution < 1.29 is 9.53 Å². The SMILES string of the molecule is CC(Oc1cc(-c2cc3n(n2)CC[C@@]32CCN(C(=O)NC3CCC3)C2)cnc1N)c1cccnc1. The lowest BCUT2D eigenvalue weighted by Crippen LogP contribution is -2.47. The monoisotopic (exact) mass is 473 g/mol. The lowest BCUT2D eigenvalue weighted by Gasteiger charge is -2.30. The van der Waals surface area contributed by atoms with Crippen LogP contribution in [0.4, 0.5) is 10.6 Å². The maximum absolute atomic E-state index is 12.7. The lowest BCUT2D eigenvalue weighted by molar-refractivity contribution is 0.193. The van der Waals surface area contributed by atoms with Crippen LogP contribution in [0.2, 0.25) is 0 Å². The number of ether oxygens (including phenoxy) is 1. The van der Waals surface area contributed by atoms with E-state index in [2.05, 4.69) is 26.0 Å². The van der Waals surface area contributed by atoms with Crippen LogP contribution in [0.15, 0.2) is 42.9 Å². The molecule has 0 aromatic carbocycles. The van der Waals surface area contributed by atoms with E-state index in [0.29, 0.717) is 17.6 Å². The van der Waals surface area contributed by atoms with E-state index in [4.69, 9.17) is 15.6 Å². The Morgan fingerprint density at radius 2 is 2.11 bits per heavy atom. The van der Waals surface area contributed by atoms with Crippen LogP contribution in [0.3, 0.4) is 0 Å². The summed E-state index contributed by atoms with van der Waals surface area (Å²) in [6.07, 6.45) is 10.4. The Bertz CT molecular complexity index is 1240. The zero-order chi connectivity index (χ0) is 24.0. The molecule has 2 atom stereocenters. The summed E-state index contributed by atoms with van der Waals surface area (Å²) in [5, 5.41) is 8.07. The van der Waals surface area contributed by atoms with Gasteiger partial charge in [0.2, 0.25) is 0 Å². The number of anilines is 1. The fourth-order valence-corrected chi connectivity index (χ4v) is 5.45. The van der Waals surface area contributed by atoms with E-state index in [9.17, 15) is 4.79 Å². The molecule has 1 saturated heterocycles. The second-order valence-corrected chi connectivity index (χ2v) is 10.1. The van der Waals surface area contributed by atoms with Gasteiger partial charge in [0.05, 0.1) is 5.69 Å². The van der Waals surface area contributed by atoms with Crippen LogP contribution in [-0.4, -0.2) is 49.8 Å². The van der Waals surface area contributed by atoms with Crippen LogP contribution in [-0.2, 0) is 12.0 Å². The molecule has 6 rings (SSSR count). The molecule has 1 unspecified atom stereocenters. The molecule has 35 heavy (non-hydrogen) atoms. The fraction of sp³-hybridized carbons (Fsp3) is 0.462. The lowest BCUT2D eigenvalue weighted by atomic mass is 9.82. The fourth-order valence-electron chi connectivity index (χ4n) is 5.45. The first-order valence-electron chi connectivity index (χ1n) is 12.5. The molecule has 1 aliphatic carbocycles. The molecule has 9 heteroatoms. The van der Waals surface area contributed by atoms with Gasteiger partial charge in [0.15, 0.2) is 11.6 Å². The van der Waals surface area contributed by atoms with Crippen molar-refractivity contribution in [2.24, 2.45) is 0 Å². The van der Waals surface area contributed by atoms with E-state index in [-0.39, 0.29) is 17.6 Å². The number of urea groups is 1. The molecule has 182 valence electrons. The number of aromatic nitrogens is 4. The minimum atomic E-state index is -0.214. The molecule has 0 radical (unpaired) electrons. The van der Waals surface area contributed by atoms with Gasteiger partial charge < -0.3 is 20.7 Å². The van der Waals surface area contributed by atoms with Gasteiger partial charge in [-0.15, -0.1) is 0 Å². The predicted molar refractivity (Wildman–Crippen MR) is 132 cm³/mol. The van der Waals surface area contributed by atoms with Gasteiger partial charge >= 0.3 is 6.03 Å². The molecule has 9 nitrogen and oxygen atoms in total. The molecule has 1 spiro atoms. The molecule has 3 aliphatic rings. The Morgan fingerprint density at radius 3 is 2.89 bits per heavy atom. The molecule has 5 heterocycles. The van der Waals surface area contributed by atoms with Crippen molar-refractivity contribution in [1.29, 1.82) is 0 Å². The maximum Gasteiger partial charge on any atom is 0.317 e. The van der Waals surface area contributed by atoms with E-state index in [1.165, 1.54) is 12.1 Å². The molecule has 0 bridgehead atoms. The number of carbonyl (C=O) groups excluding carboxylic acids is 1. The Hall–Kier alpha value is -3.62. The molecule has 2 aliphatic heterocycles. The highest BCUT2D eigenvalue weighted by atomic mass is 16.5. The number of carbonyl (C=O) groups is 1. The molecule has 2 fully saturated rings. The summed E-state index contributed by atoms with van der Waals surface area (Å²) in [5.74, 6) is 0.873. The van der Waals surface area contributed by atoms with Gasteiger partial charge in [-0.05, 0) is 57.2 Å². The normalized spacial score (nSPS) is 22.1. The average molecular weight is 474 g/mol. The first kappa shape index (κ1) is 21.9. The Kier molecular flexibility index (Phi) is 5.35. The third kappa shape index (κ3) is 3.98. The van der Waals surface area contributed by atoms with Gasteiger partial charge in [0.25, 0.3) is 0 Å². The Labute approximate surface area is 204 Å². The van der Waals surface area contributed by atoms with Crippen molar-refractivity contribution in [1.82, 2.24) is 30.0 Å². The van der Waals surface area contributed by atoms with Gasteiger partial charge in [-0.2, -0.15) is 5.10 Å². The summed E-state index contributed by atoms with van der Waals surface area (Å²) >= 11 is 0. The van der Waals surface area contributed by atoms with E-state index in [1.807, 2.05) is 30.0 Å². The van der Waals surface area contributed by atoms with E-state index in [1.54, 1.807) is 18.6 Å². The minimum Gasteiger partial charge on any atom is -0.482 e.